The van der Waals surface area contributed by atoms with Gasteiger partial charge in [-0.25, -0.2) is 4.79 Å². The highest BCUT2D eigenvalue weighted by molar-refractivity contribution is 5.70. The Morgan fingerprint density at radius 1 is 1.32 bits per heavy atom. The van der Waals surface area contributed by atoms with Crippen molar-refractivity contribution >= 4 is 12.1 Å². The summed E-state index contributed by atoms with van der Waals surface area (Å²) >= 11 is 0. The first-order chi connectivity index (χ1) is 8.78. The molecule has 0 aromatic rings. The summed E-state index contributed by atoms with van der Waals surface area (Å²) < 4.78 is 5.42. The van der Waals surface area contributed by atoms with E-state index in [0.717, 1.165) is 19.3 Å². The molecule has 1 saturated heterocycles. The number of nitrogens with zero attached hydrogens (tertiary/aromatic N) is 1. The van der Waals surface area contributed by atoms with E-state index in [1.165, 1.54) is 0 Å². The van der Waals surface area contributed by atoms with Gasteiger partial charge in [0.1, 0.15) is 5.60 Å². The highest BCUT2D eigenvalue weighted by Crippen LogP contribution is 2.43. The maximum atomic E-state index is 12.2. The van der Waals surface area contributed by atoms with Gasteiger partial charge in [0.2, 0.25) is 0 Å². The number of amides is 1. The average molecular weight is 269 g/mol. The summed E-state index contributed by atoms with van der Waals surface area (Å²) in [6.45, 7) is 6.07. The molecule has 1 N–H and O–H groups in total. The number of carbonyl (C=O) groups is 2. The third-order valence-electron chi connectivity index (χ3n) is 4.03. The lowest BCUT2D eigenvalue weighted by atomic mass is 9.90. The van der Waals surface area contributed by atoms with E-state index in [-0.39, 0.29) is 24.5 Å². The first kappa shape index (κ1) is 14.2. The highest BCUT2D eigenvalue weighted by atomic mass is 16.6. The van der Waals surface area contributed by atoms with Crippen LogP contribution in [-0.4, -0.2) is 40.3 Å². The van der Waals surface area contributed by atoms with E-state index in [4.69, 9.17) is 9.84 Å². The normalized spacial score (nSPS) is 30.3. The van der Waals surface area contributed by atoms with Gasteiger partial charge >= 0.3 is 12.1 Å². The molecular formula is C14H23NO4. The number of carboxylic acids is 1. The van der Waals surface area contributed by atoms with Gasteiger partial charge < -0.3 is 14.7 Å². The molecule has 19 heavy (non-hydrogen) atoms. The molecule has 3 atom stereocenters. The van der Waals surface area contributed by atoms with Crippen LogP contribution < -0.4 is 0 Å². The minimum absolute atomic E-state index is 0.0810. The summed E-state index contributed by atoms with van der Waals surface area (Å²) in [5, 5.41) is 8.97. The number of likely N-dealkylation sites (tertiary alicyclic amines) is 1. The second kappa shape index (κ2) is 5.02. The van der Waals surface area contributed by atoms with Crippen LogP contribution in [0, 0.1) is 11.8 Å². The summed E-state index contributed by atoms with van der Waals surface area (Å²) in [5.74, 6) is -0.358. The number of fused-ring (bicyclic) bond motifs is 1. The van der Waals surface area contributed by atoms with Crippen LogP contribution in [0.25, 0.3) is 0 Å². The SMILES string of the molecule is CC(C)(C)OC(=O)N1CC(CC(=O)O)C2CCCC21. The zero-order valence-electron chi connectivity index (χ0n) is 11.9. The molecule has 0 aromatic carbocycles. The van der Waals surface area contributed by atoms with Crippen LogP contribution in [0.3, 0.4) is 0 Å². The van der Waals surface area contributed by atoms with Gasteiger partial charge in [-0.05, 0) is 45.4 Å². The van der Waals surface area contributed by atoms with Gasteiger partial charge in [-0.2, -0.15) is 0 Å². The van der Waals surface area contributed by atoms with Crippen LogP contribution >= 0.6 is 0 Å². The summed E-state index contributed by atoms with van der Waals surface area (Å²) in [6.07, 6.45) is 2.94. The lowest BCUT2D eigenvalue weighted by Gasteiger charge is -2.28. The molecule has 0 spiro atoms. The van der Waals surface area contributed by atoms with Crippen LogP contribution in [0.15, 0.2) is 0 Å². The van der Waals surface area contributed by atoms with E-state index >= 15 is 0 Å². The second-order valence-electron chi connectivity index (χ2n) is 6.65. The Bertz CT molecular complexity index is 374. The van der Waals surface area contributed by atoms with Gasteiger partial charge in [-0.1, -0.05) is 6.42 Å². The quantitative estimate of drug-likeness (QED) is 0.836. The van der Waals surface area contributed by atoms with Gasteiger partial charge in [0.15, 0.2) is 0 Å². The fourth-order valence-corrected chi connectivity index (χ4v) is 3.40. The molecule has 1 heterocycles. The van der Waals surface area contributed by atoms with Crippen molar-refractivity contribution in [3.63, 3.8) is 0 Å². The largest absolute Gasteiger partial charge is 0.481 e. The molecule has 2 aliphatic rings. The molecule has 0 aromatic heterocycles. The van der Waals surface area contributed by atoms with Crippen molar-refractivity contribution in [3.8, 4) is 0 Å². The Kier molecular flexibility index (Phi) is 3.74. The van der Waals surface area contributed by atoms with E-state index < -0.39 is 11.6 Å². The van der Waals surface area contributed by atoms with E-state index in [9.17, 15) is 9.59 Å². The lowest BCUT2D eigenvalue weighted by Crippen LogP contribution is -2.40. The van der Waals surface area contributed by atoms with Crippen molar-refractivity contribution in [2.45, 2.75) is 58.1 Å². The maximum Gasteiger partial charge on any atom is 0.410 e. The molecule has 3 unspecified atom stereocenters. The topological polar surface area (TPSA) is 66.8 Å². The summed E-state index contributed by atoms with van der Waals surface area (Å²) in [4.78, 5) is 24.9. The Labute approximate surface area is 113 Å². The Morgan fingerprint density at radius 3 is 2.58 bits per heavy atom. The van der Waals surface area contributed by atoms with Crippen LogP contribution in [0.1, 0.15) is 46.5 Å². The van der Waals surface area contributed by atoms with Crippen molar-refractivity contribution in [1.29, 1.82) is 0 Å². The highest BCUT2D eigenvalue weighted by Gasteiger charge is 2.47. The molecule has 108 valence electrons. The summed E-state index contributed by atoms with van der Waals surface area (Å²) in [7, 11) is 0. The van der Waals surface area contributed by atoms with Gasteiger partial charge in [-0.15, -0.1) is 0 Å². The predicted molar refractivity (Wildman–Crippen MR) is 69.8 cm³/mol. The number of ether oxygens (including phenoxy) is 1. The molecular weight excluding hydrogens is 246 g/mol. The smallest absolute Gasteiger partial charge is 0.410 e. The molecule has 1 amide bonds. The molecule has 1 saturated carbocycles. The van der Waals surface area contributed by atoms with Crippen molar-refractivity contribution in [2.75, 3.05) is 6.54 Å². The minimum atomic E-state index is -0.776. The summed E-state index contributed by atoms with van der Waals surface area (Å²) in [6, 6.07) is 0.180. The van der Waals surface area contributed by atoms with Gasteiger partial charge in [0.25, 0.3) is 0 Å². The molecule has 2 rings (SSSR count). The van der Waals surface area contributed by atoms with Crippen molar-refractivity contribution in [2.24, 2.45) is 11.8 Å². The number of rotatable bonds is 2. The standard InChI is InChI=1S/C14H23NO4/c1-14(2,3)19-13(18)15-8-9(7-12(16)17)10-5-4-6-11(10)15/h9-11H,4-8H2,1-3H3,(H,16,17). The first-order valence-electron chi connectivity index (χ1n) is 6.99. The van der Waals surface area contributed by atoms with E-state index in [1.807, 2.05) is 20.8 Å². The number of carbonyl (C=O) groups excluding carboxylic acids is 1. The number of hydrogen-bond acceptors (Lipinski definition) is 3. The maximum absolute atomic E-state index is 12.2. The van der Waals surface area contributed by atoms with Crippen LogP contribution in [-0.2, 0) is 9.53 Å². The summed E-state index contributed by atoms with van der Waals surface area (Å²) in [5.41, 5.74) is -0.504. The number of hydrogen-bond donors (Lipinski definition) is 1. The monoisotopic (exact) mass is 269 g/mol. The lowest BCUT2D eigenvalue weighted by molar-refractivity contribution is -0.138. The number of carboxylic acid groups (broad SMARTS) is 1. The zero-order valence-corrected chi connectivity index (χ0v) is 11.9. The second-order valence-corrected chi connectivity index (χ2v) is 6.65. The van der Waals surface area contributed by atoms with Gasteiger partial charge in [0.05, 0.1) is 6.42 Å². The van der Waals surface area contributed by atoms with Gasteiger partial charge in [0, 0.05) is 12.6 Å². The third kappa shape index (κ3) is 3.19. The average Bonchev–Trinajstić information content (AvgIpc) is 2.77. The fraction of sp³-hybridized carbons (Fsp3) is 0.857. The van der Waals surface area contributed by atoms with Gasteiger partial charge in [-0.3, -0.25) is 4.79 Å². The third-order valence-corrected chi connectivity index (χ3v) is 4.03. The van der Waals surface area contributed by atoms with Crippen molar-refractivity contribution in [3.05, 3.63) is 0 Å². The van der Waals surface area contributed by atoms with E-state index in [2.05, 4.69) is 0 Å². The molecule has 0 bridgehead atoms. The van der Waals surface area contributed by atoms with Crippen LogP contribution in [0.5, 0.6) is 0 Å². The van der Waals surface area contributed by atoms with E-state index in [1.54, 1.807) is 4.90 Å². The molecule has 2 fully saturated rings. The van der Waals surface area contributed by atoms with Crippen molar-refractivity contribution < 1.29 is 19.4 Å². The first-order valence-corrected chi connectivity index (χ1v) is 6.99. The molecule has 5 nitrogen and oxygen atoms in total. The van der Waals surface area contributed by atoms with Crippen LogP contribution in [0.2, 0.25) is 0 Å². The number of aliphatic carboxylic acids is 1. The Morgan fingerprint density at radius 2 is 2.00 bits per heavy atom. The molecule has 5 heteroatoms. The predicted octanol–water partition coefficient (Wildman–Crippen LogP) is 2.50. The molecule has 1 aliphatic heterocycles. The molecule has 0 radical (unpaired) electrons. The Hall–Kier alpha value is -1.26. The fourth-order valence-electron chi connectivity index (χ4n) is 3.40. The van der Waals surface area contributed by atoms with Crippen LogP contribution in [0.4, 0.5) is 4.79 Å². The zero-order chi connectivity index (χ0) is 14.2. The van der Waals surface area contributed by atoms with E-state index in [0.29, 0.717) is 12.5 Å². The minimum Gasteiger partial charge on any atom is -0.481 e. The molecule has 1 aliphatic carbocycles. The Balaban J connectivity index is 2.05. The van der Waals surface area contributed by atoms with Crippen molar-refractivity contribution in [1.82, 2.24) is 4.90 Å².